The number of pyridine rings is 3. The van der Waals surface area contributed by atoms with E-state index in [1.165, 1.54) is 6.07 Å². The van der Waals surface area contributed by atoms with Crippen molar-refractivity contribution in [2.75, 3.05) is 6.61 Å². The molecule has 11 heteroatoms. The molecule has 0 aliphatic heterocycles. The molecule has 172 valence electrons. The van der Waals surface area contributed by atoms with Crippen LogP contribution >= 0.6 is 0 Å². The number of carbonyl (C=O) groups is 2. The van der Waals surface area contributed by atoms with Crippen LogP contribution in [-0.2, 0) is 0 Å². The van der Waals surface area contributed by atoms with Gasteiger partial charge in [-0.25, -0.2) is 9.97 Å². The number of aromatic nitrogens is 3. The molecule has 2 N–H and O–H groups in total. The highest BCUT2D eigenvalue weighted by molar-refractivity contribution is 6.08. The summed E-state index contributed by atoms with van der Waals surface area (Å²) in [7, 11) is 0. The second-order valence-corrected chi connectivity index (χ2v) is 7.01. The third-order valence-electron chi connectivity index (χ3n) is 4.59. The monoisotopic (exact) mass is 467 g/mol. The fourth-order valence-electron chi connectivity index (χ4n) is 3.03. The Morgan fingerprint density at radius 2 is 1.74 bits per heavy atom. The minimum atomic E-state index is -4.50. The summed E-state index contributed by atoms with van der Waals surface area (Å²) in [5.74, 6) is -1.59. The van der Waals surface area contributed by atoms with E-state index in [9.17, 15) is 22.8 Å². The van der Waals surface area contributed by atoms with Gasteiger partial charge >= 0.3 is 6.18 Å². The molecule has 2 amide bonds. The molecule has 0 unspecified atom stereocenters. The number of hydrogen-bond donors (Lipinski definition) is 2. The van der Waals surface area contributed by atoms with E-state index in [0.717, 1.165) is 12.3 Å². The molecular formula is C23H16F3N5O3. The summed E-state index contributed by atoms with van der Waals surface area (Å²) in [5.41, 5.74) is 6.71. The van der Waals surface area contributed by atoms with E-state index < -0.39 is 24.6 Å². The van der Waals surface area contributed by atoms with Crippen LogP contribution in [0, 0.1) is 0 Å². The number of amides is 2. The van der Waals surface area contributed by atoms with Crippen LogP contribution in [0.25, 0.3) is 22.2 Å². The highest BCUT2D eigenvalue weighted by Gasteiger charge is 2.28. The van der Waals surface area contributed by atoms with Crippen LogP contribution in [0.1, 0.15) is 20.7 Å². The Morgan fingerprint density at radius 3 is 2.44 bits per heavy atom. The van der Waals surface area contributed by atoms with Crippen molar-refractivity contribution in [1.82, 2.24) is 25.8 Å². The Morgan fingerprint density at radius 1 is 0.941 bits per heavy atom. The Kier molecular flexibility index (Phi) is 6.35. The molecule has 4 aromatic rings. The molecule has 8 nitrogen and oxygen atoms in total. The Bertz CT molecular complexity index is 1330. The van der Waals surface area contributed by atoms with Gasteiger partial charge in [-0.2, -0.15) is 13.2 Å². The largest absolute Gasteiger partial charge is 0.468 e. The van der Waals surface area contributed by atoms with Gasteiger partial charge in [0.15, 0.2) is 6.61 Å². The summed E-state index contributed by atoms with van der Waals surface area (Å²) in [6.07, 6.45) is -0.223. The van der Waals surface area contributed by atoms with Crippen LogP contribution in [0.3, 0.4) is 0 Å². The van der Waals surface area contributed by atoms with Gasteiger partial charge in [0, 0.05) is 35.6 Å². The van der Waals surface area contributed by atoms with Gasteiger partial charge in [0.2, 0.25) is 5.88 Å². The minimum Gasteiger partial charge on any atom is -0.468 e. The molecule has 0 fully saturated rings. The van der Waals surface area contributed by atoms with E-state index in [2.05, 4.69) is 30.5 Å². The zero-order chi connectivity index (χ0) is 24.1. The summed E-state index contributed by atoms with van der Waals surface area (Å²) < 4.78 is 41.2. The lowest BCUT2D eigenvalue weighted by Crippen LogP contribution is -2.41. The summed E-state index contributed by atoms with van der Waals surface area (Å²) >= 11 is 0. The average molecular weight is 467 g/mol. The predicted molar refractivity (Wildman–Crippen MR) is 116 cm³/mol. The van der Waals surface area contributed by atoms with Crippen LogP contribution in [0.15, 0.2) is 73.2 Å². The van der Waals surface area contributed by atoms with E-state index in [4.69, 9.17) is 0 Å². The van der Waals surface area contributed by atoms with Crippen molar-refractivity contribution < 1.29 is 27.5 Å². The predicted octanol–water partition coefficient (Wildman–Crippen LogP) is 3.71. The van der Waals surface area contributed by atoms with Crippen molar-refractivity contribution in [1.29, 1.82) is 0 Å². The number of fused-ring (bicyclic) bond motifs is 1. The molecule has 0 radical (unpaired) electrons. The standard InChI is InChI=1S/C23H16F3N5O3/c24-23(25,26)13-34-20-8-7-15(12-28-20)21(32)30-31-22(33)17-10-19(14-4-3-9-27-11-14)29-18-6-2-1-5-16(17)18/h1-12H,13H2,(H,30,32)(H,31,33). The van der Waals surface area contributed by atoms with Crippen molar-refractivity contribution in [2.24, 2.45) is 0 Å². The summed E-state index contributed by atoms with van der Waals surface area (Å²) in [6, 6.07) is 14.5. The van der Waals surface area contributed by atoms with Gasteiger partial charge < -0.3 is 4.74 Å². The van der Waals surface area contributed by atoms with Gasteiger partial charge in [-0.05, 0) is 30.3 Å². The van der Waals surface area contributed by atoms with Crippen LogP contribution in [-0.4, -0.2) is 39.5 Å². The van der Waals surface area contributed by atoms with Gasteiger partial charge in [-0.1, -0.05) is 18.2 Å². The highest BCUT2D eigenvalue weighted by Crippen LogP contribution is 2.24. The maximum atomic E-state index is 12.9. The van der Waals surface area contributed by atoms with Crippen molar-refractivity contribution in [2.45, 2.75) is 6.18 Å². The highest BCUT2D eigenvalue weighted by atomic mass is 19.4. The zero-order valence-electron chi connectivity index (χ0n) is 17.3. The molecular weight excluding hydrogens is 451 g/mol. The quantitative estimate of drug-likeness (QED) is 0.434. The van der Waals surface area contributed by atoms with Gasteiger partial charge in [0.05, 0.1) is 22.3 Å². The SMILES string of the molecule is O=C(NNC(=O)c1cc(-c2cccnc2)nc2ccccc12)c1ccc(OCC(F)(F)F)nc1. The number of hydrogen-bond acceptors (Lipinski definition) is 6. The number of hydrazine groups is 1. The number of nitrogens with zero attached hydrogens (tertiary/aromatic N) is 3. The fraction of sp³-hybridized carbons (Fsp3) is 0.0870. The zero-order valence-corrected chi connectivity index (χ0v) is 17.3. The molecule has 0 saturated carbocycles. The maximum absolute atomic E-state index is 12.9. The lowest BCUT2D eigenvalue weighted by molar-refractivity contribution is -0.154. The summed E-state index contributed by atoms with van der Waals surface area (Å²) in [4.78, 5) is 37.6. The molecule has 3 aromatic heterocycles. The number of nitrogens with one attached hydrogen (secondary N) is 2. The van der Waals surface area contributed by atoms with Gasteiger partial charge in [0.25, 0.3) is 11.8 Å². The molecule has 0 spiro atoms. The Hall–Kier alpha value is -4.54. The number of alkyl halides is 3. The topological polar surface area (TPSA) is 106 Å². The van der Waals surface area contributed by atoms with Gasteiger partial charge in [-0.15, -0.1) is 0 Å². The maximum Gasteiger partial charge on any atom is 0.422 e. The molecule has 4 rings (SSSR count). The second kappa shape index (κ2) is 9.53. The van der Waals surface area contributed by atoms with Crippen LogP contribution in [0.4, 0.5) is 13.2 Å². The van der Waals surface area contributed by atoms with Crippen molar-refractivity contribution in [3.05, 3.63) is 84.3 Å². The van der Waals surface area contributed by atoms with Crippen molar-refractivity contribution in [3.8, 4) is 17.1 Å². The lowest BCUT2D eigenvalue weighted by atomic mass is 10.0. The summed E-state index contributed by atoms with van der Waals surface area (Å²) in [5, 5.41) is 0.578. The molecule has 34 heavy (non-hydrogen) atoms. The molecule has 0 aliphatic rings. The third kappa shape index (κ3) is 5.44. The fourth-order valence-corrected chi connectivity index (χ4v) is 3.03. The number of rotatable bonds is 5. The number of benzene rings is 1. The third-order valence-corrected chi connectivity index (χ3v) is 4.59. The molecule has 0 aliphatic carbocycles. The van der Waals surface area contributed by atoms with E-state index in [0.29, 0.717) is 22.2 Å². The smallest absolute Gasteiger partial charge is 0.422 e. The Balaban J connectivity index is 1.48. The molecule has 3 heterocycles. The van der Waals surface area contributed by atoms with Crippen LogP contribution in [0.2, 0.25) is 0 Å². The van der Waals surface area contributed by atoms with E-state index in [-0.39, 0.29) is 17.0 Å². The number of ether oxygens (including phenoxy) is 1. The minimum absolute atomic E-state index is 0.00953. The van der Waals surface area contributed by atoms with Crippen molar-refractivity contribution >= 4 is 22.7 Å². The Labute approximate surface area is 190 Å². The number of para-hydroxylation sites is 1. The van der Waals surface area contributed by atoms with E-state index in [1.54, 1.807) is 48.8 Å². The first-order valence-corrected chi connectivity index (χ1v) is 9.87. The first-order chi connectivity index (χ1) is 16.3. The molecule has 0 saturated heterocycles. The number of halogens is 3. The first kappa shape index (κ1) is 22.6. The summed E-state index contributed by atoms with van der Waals surface area (Å²) in [6.45, 7) is -1.50. The van der Waals surface area contributed by atoms with Gasteiger partial charge in [0.1, 0.15) is 0 Å². The van der Waals surface area contributed by atoms with Crippen LogP contribution in [0.5, 0.6) is 5.88 Å². The molecule has 0 bridgehead atoms. The number of carbonyl (C=O) groups excluding carboxylic acids is 2. The average Bonchev–Trinajstić information content (AvgIpc) is 2.85. The molecule has 1 aromatic carbocycles. The van der Waals surface area contributed by atoms with Crippen LogP contribution < -0.4 is 15.6 Å². The first-order valence-electron chi connectivity index (χ1n) is 9.87. The van der Waals surface area contributed by atoms with Gasteiger partial charge in [-0.3, -0.25) is 25.4 Å². The molecule has 0 atom stereocenters. The van der Waals surface area contributed by atoms with E-state index >= 15 is 0 Å². The lowest BCUT2D eigenvalue weighted by Gasteiger charge is -2.12. The van der Waals surface area contributed by atoms with E-state index in [1.807, 2.05) is 6.07 Å². The van der Waals surface area contributed by atoms with Crippen molar-refractivity contribution in [3.63, 3.8) is 0 Å². The normalized spacial score (nSPS) is 11.1. The second-order valence-electron chi connectivity index (χ2n) is 7.01.